The number of carbonyl (C=O) groups is 1. The minimum atomic E-state index is -4.20. The van der Waals surface area contributed by atoms with Gasteiger partial charge in [0.25, 0.3) is 15.9 Å². The van der Waals surface area contributed by atoms with Gasteiger partial charge < -0.3 is 9.64 Å². The number of hydrogen-bond donors (Lipinski definition) is 1. The molecule has 1 unspecified atom stereocenters. The van der Waals surface area contributed by atoms with Gasteiger partial charge in [-0.05, 0) is 53.6 Å². The van der Waals surface area contributed by atoms with Crippen molar-refractivity contribution in [2.24, 2.45) is 17.3 Å². The Kier molecular flexibility index (Phi) is 7.02. The normalized spacial score (nSPS) is 19.1. The van der Waals surface area contributed by atoms with Gasteiger partial charge in [-0.25, -0.2) is 22.5 Å². The smallest absolute Gasteiger partial charge is 0.268 e. The third-order valence-electron chi connectivity index (χ3n) is 6.52. The molecule has 1 aliphatic heterocycles. The highest BCUT2D eigenvalue weighted by Crippen LogP contribution is 2.38. The first-order chi connectivity index (χ1) is 18.6. The van der Waals surface area contributed by atoms with E-state index >= 15 is 0 Å². The summed E-state index contributed by atoms with van der Waals surface area (Å²) in [4.78, 5) is 19.3. The Labute approximate surface area is 226 Å². The second-order valence-corrected chi connectivity index (χ2v) is 12.2. The first kappa shape index (κ1) is 24.9. The molecule has 1 aliphatic rings. The van der Waals surface area contributed by atoms with Crippen LogP contribution in [0.25, 0.3) is 11.3 Å². The molecule has 1 atom stereocenters. The molecule has 2 aromatic carbocycles. The van der Waals surface area contributed by atoms with Crippen LogP contribution < -0.4 is 14.4 Å². The number of sulfonamides is 1. The first-order valence-electron chi connectivity index (χ1n) is 13.5. The third-order valence-corrected chi connectivity index (χ3v) is 7.86. The van der Waals surface area contributed by atoms with Gasteiger partial charge in [-0.3, -0.25) is 4.79 Å². The van der Waals surface area contributed by atoms with Crippen LogP contribution in [0.1, 0.15) is 47.7 Å². The van der Waals surface area contributed by atoms with E-state index in [1.807, 2.05) is 20.8 Å². The Balaban J connectivity index is 1.81. The summed E-state index contributed by atoms with van der Waals surface area (Å²) >= 11 is 0. The van der Waals surface area contributed by atoms with Crippen LogP contribution in [-0.4, -0.2) is 39.0 Å². The molecule has 3 aromatic rings. The van der Waals surface area contributed by atoms with Gasteiger partial charge in [0.2, 0.25) is 0 Å². The molecular weight excluding hydrogens is 505 g/mol. The summed E-state index contributed by atoms with van der Waals surface area (Å²) in [5.74, 6) is -1.11. The van der Waals surface area contributed by atoms with E-state index in [0.717, 1.165) is 0 Å². The largest absolute Gasteiger partial charge is 0.493 e. The highest BCUT2D eigenvalue weighted by atomic mass is 32.2. The summed E-state index contributed by atoms with van der Waals surface area (Å²) in [6, 6.07) is 14.5. The van der Waals surface area contributed by atoms with Crippen LogP contribution in [0, 0.1) is 23.1 Å². The molecule has 0 spiro atoms. The van der Waals surface area contributed by atoms with Gasteiger partial charge in [0, 0.05) is 27.4 Å². The van der Waals surface area contributed by atoms with Crippen LogP contribution in [0.3, 0.4) is 0 Å². The minimum absolute atomic E-state index is 0.0328. The van der Waals surface area contributed by atoms with Crippen molar-refractivity contribution >= 4 is 21.7 Å². The Morgan fingerprint density at radius 2 is 1.92 bits per heavy atom. The SMILES string of the molecule is [2H]C1([2H])N(c2nc(-c3cc(F)cc(OCC(C)C)c3)ccc2C(=O)NS(=O)(=O)c2ccccc2)CC(C)C1(C)C. The fourth-order valence-corrected chi connectivity index (χ4v) is 5.02. The summed E-state index contributed by atoms with van der Waals surface area (Å²) in [6.07, 6.45) is 0. The molecule has 1 N–H and O–H groups in total. The zero-order valence-corrected chi connectivity index (χ0v) is 23.0. The van der Waals surface area contributed by atoms with Crippen molar-refractivity contribution in [1.82, 2.24) is 9.71 Å². The van der Waals surface area contributed by atoms with Crippen molar-refractivity contribution < 1.29 is 25.1 Å². The monoisotopic (exact) mass is 541 g/mol. The molecule has 9 heteroatoms. The lowest BCUT2D eigenvalue weighted by atomic mass is 9.84. The lowest BCUT2D eigenvalue weighted by molar-refractivity contribution is 0.0981. The van der Waals surface area contributed by atoms with Crippen LogP contribution in [0.15, 0.2) is 65.6 Å². The van der Waals surface area contributed by atoms with Crippen LogP contribution in [0.5, 0.6) is 5.75 Å². The van der Waals surface area contributed by atoms with E-state index in [4.69, 9.17) is 7.48 Å². The average Bonchev–Trinajstić information content (AvgIpc) is 3.05. The number of amides is 1. The molecule has 38 heavy (non-hydrogen) atoms. The molecule has 202 valence electrons. The van der Waals surface area contributed by atoms with E-state index in [9.17, 15) is 17.6 Å². The van der Waals surface area contributed by atoms with Gasteiger partial charge in [-0.2, -0.15) is 0 Å². The van der Waals surface area contributed by atoms with E-state index in [2.05, 4.69) is 9.71 Å². The summed E-state index contributed by atoms with van der Waals surface area (Å²) in [6.45, 7) is 8.14. The summed E-state index contributed by atoms with van der Waals surface area (Å²) in [5, 5.41) is 0. The number of benzene rings is 2. The fraction of sp³-hybridized carbons (Fsp3) is 0.379. The molecule has 1 amide bonds. The third kappa shape index (κ3) is 6.15. The van der Waals surface area contributed by atoms with Crippen molar-refractivity contribution in [3.8, 4) is 17.0 Å². The molecule has 0 radical (unpaired) electrons. The van der Waals surface area contributed by atoms with Crippen molar-refractivity contribution in [3.05, 3.63) is 72.0 Å². The van der Waals surface area contributed by atoms with Crippen LogP contribution in [0.4, 0.5) is 10.2 Å². The maximum absolute atomic E-state index is 14.6. The molecule has 1 saturated heterocycles. The number of nitrogens with zero attached hydrogens (tertiary/aromatic N) is 2. The Bertz CT molecular complexity index is 1510. The Morgan fingerprint density at radius 1 is 1.21 bits per heavy atom. The van der Waals surface area contributed by atoms with Gasteiger partial charge in [-0.15, -0.1) is 0 Å². The summed E-state index contributed by atoms with van der Waals surface area (Å²) in [5.41, 5.74) is -0.286. The number of pyridine rings is 1. The zero-order chi connectivity index (χ0) is 29.5. The van der Waals surface area contributed by atoms with Crippen molar-refractivity contribution in [2.45, 2.75) is 39.5 Å². The molecule has 0 saturated carbocycles. The van der Waals surface area contributed by atoms with Crippen molar-refractivity contribution in [3.63, 3.8) is 0 Å². The predicted molar refractivity (Wildman–Crippen MR) is 146 cm³/mol. The van der Waals surface area contributed by atoms with Crippen LogP contribution in [0.2, 0.25) is 0 Å². The lowest BCUT2D eigenvalue weighted by Crippen LogP contribution is -2.33. The number of nitrogens with one attached hydrogen (secondary N) is 1. The zero-order valence-electron chi connectivity index (χ0n) is 24.2. The van der Waals surface area contributed by atoms with Gasteiger partial charge in [-0.1, -0.05) is 52.8 Å². The Morgan fingerprint density at radius 3 is 2.55 bits per heavy atom. The number of halogens is 1. The van der Waals surface area contributed by atoms with Crippen LogP contribution >= 0.6 is 0 Å². The predicted octanol–water partition coefficient (Wildman–Crippen LogP) is 5.52. The van der Waals surface area contributed by atoms with E-state index in [1.165, 1.54) is 41.3 Å². The number of rotatable bonds is 8. The van der Waals surface area contributed by atoms with Gasteiger partial charge in [0.05, 0.1) is 22.8 Å². The summed E-state index contributed by atoms with van der Waals surface area (Å²) < 4.78 is 66.0. The van der Waals surface area contributed by atoms with Gasteiger partial charge >= 0.3 is 0 Å². The minimum Gasteiger partial charge on any atom is -0.493 e. The lowest BCUT2D eigenvalue weighted by Gasteiger charge is -2.24. The van der Waals surface area contributed by atoms with Crippen molar-refractivity contribution in [2.75, 3.05) is 24.5 Å². The fourth-order valence-electron chi connectivity index (χ4n) is 4.03. The van der Waals surface area contributed by atoms with Gasteiger partial charge in [0.1, 0.15) is 17.4 Å². The standard InChI is InChI=1S/C29H34FN3O4S/c1-19(2)17-37-23-14-21(13-22(30)15-23)26-12-11-25(27(31-26)33-16-20(3)29(4,5)18-33)28(34)32-38(35,36)24-9-7-6-8-10-24/h6-15,19-20H,16-18H2,1-5H3,(H,32,34)/i18D2. The molecule has 1 fully saturated rings. The molecule has 4 rings (SSSR count). The number of ether oxygens (including phenoxy) is 1. The number of hydrogen-bond acceptors (Lipinski definition) is 6. The summed E-state index contributed by atoms with van der Waals surface area (Å²) in [7, 11) is -4.20. The quantitative estimate of drug-likeness (QED) is 0.404. The number of carbonyl (C=O) groups excluding carboxylic acids is 1. The van der Waals surface area contributed by atoms with E-state index in [1.54, 1.807) is 38.1 Å². The molecule has 0 bridgehead atoms. The second kappa shape index (κ2) is 10.7. The number of anilines is 1. The van der Waals surface area contributed by atoms with E-state index in [0.29, 0.717) is 17.9 Å². The second-order valence-electron chi connectivity index (χ2n) is 10.5. The number of aromatic nitrogens is 1. The highest BCUT2D eigenvalue weighted by molar-refractivity contribution is 7.90. The van der Waals surface area contributed by atoms with E-state index < -0.39 is 33.7 Å². The average molecular weight is 542 g/mol. The van der Waals surface area contributed by atoms with E-state index in [-0.39, 0.29) is 40.4 Å². The maximum Gasteiger partial charge on any atom is 0.268 e. The van der Waals surface area contributed by atoms with Gasteiger partial charge in [0.15, 0.2) is 0 Å². The maximum atomic E-state index is 14.6. The van der Waals surface area contributed by atoms with Crippen molar-refractivity contribution in [1.29, 1.82) is 0 Å². The molecule has 0 aliphatic carbocycles. The molecule has 7 nitrogen and oxygen atoms in total. The first-order valence-corrected chi connectivity index (χ1v) is 14.0. The Hall–Kier alpha value is -3.46. The molecule has 1 aromatic heterocycles. The topological polar surface area (TPSA) is 88.6 Å². The highest BCUT2D eigenvalue weighted by Gasteiger charge is 2.38. The molecular formula is C29H34FN3O4S. The molecule has 2 heterocycles. The van der Waals surface area contributed by atoms with Crippen LogP contribution in [-0.2, 0) is 10.0 Å².